The number of carbonyl (C=O) groups is 1. The molecule has 1 amide bonds. The number of halogens is 1. The fraction of sp³-hybridized carbons (Fsp3) is 0.240. The molecule has 0 aliphatic carbocycles. The van der Waals surface area contributed by atoms with Crippen molar-refractivity contribution in [3.8, 4) is 5.75 Å². The van der Waals surface area contributed by atoms with E-state index in [0.717, 1.165) is 22.7 Å². The van der Waals surface area contributed by atoms with Crippen molar-refractivity contribution < 1.29 is 22.3 Å². The SMILES string of the molecule is COc1ccc(S(=O)(=O)N(CC(=O)N2CCCC2c2ccccc2)c2ccccc2F)cc1. The summed E-state index contributed by atoms with van der Waals surface area (Å²) in [5, 5.41) is 0. The first kappa shape index (κ1) is 22.8. The van der Waals surface area contributed by atoms with E-state index >= 15 is 0 Å². The zero-order chi connectivity index (χ0) is 23.4. The van der Waals surface area contributed by atoms with E-state index < -0.39 is 22.4 Å². The van der Waals surface area contributed by atoms with Gasteiger partial charge in [-0.3, -0.25) is 9.10 Å². The smallest absolute Gasteiger partial charge is 0.264 e. The second kappa shape index (κ2) is 9.62. The number of hydrogen-bond acceptors (Lipinski definition) is 4. The Labute approximate surface area is 193 Å². The van der Waals surface area contributed by atoms with E-state index in [1.165, 1.54) is 49.6 Å². The molecule has 1 atom stereocenters. The molecule has 0 spiro atoms. The summed E-state index contributed by atoms with van der Waals surface area (Å²) in [4.78, 5) is 15.0. The fourth-order valence-electron chi connectivity index (χ4n) is 4.13. The van der Waals surface area contributed by atoms with Crippen LogP contribution >= 0.6 is 0 Å². The summed E-state index contributed by atoms with van der Waals surface area (Å²) < 4.78 is 47.7. The van der Waals surface area contributed by atoms with Gasteiger partial charge in [0.05, 0.1) is 23.7 Å². The third-order valence-corrected chi connectivity index (χ3v) is 7.58. The number of rotatable bonds is 7. The van der Waals surface area contributed by atoms with Gasteiger partial charge in [-0.25, -0.2) is 12.8 Å². The Hall–Kier alpha value is -3.39. The highest BCUT2D eigenvalue weighted by atomic mass is 32.2. The van der Waals surface area contributed by atoms with Crippen LogP contribution < -0.4 is 9.04 Å². The van der Waals surface area contributed by atoms with E-state index in [4.69, 9.17) is 4.74 Å². The Morgan fingerprint density at radius 1 is 1.03 bits per heavy atom. The van der Waals surface area contributed by atoms with Crippen molar-refractivity contribution >= 4 is 21.6 Å². The summed E-state index contributed by atoms with van der Waals surface area (Å²) in [6.45, 7) is 0.0186. The van der Waals surface area contributed by atoms with Crippen LogP contribution in [0.5, 0.6) is 5.75 Å². The number of anilines is 1. The van der Waals surface area contributed by atoms with Crippen LogP contribution in [-0.4, -0.2) is 39.4 Å². The van der Waals surface area contributed by atoms with Gasteiger partial charge < -0.3 is 9.64 Å². The lowest BCUT2D eigenvalue weighted by molar-refractivity contribution is -0.130. The summed E-state index contributed by atoms with van der Waals surface area (Å²) in [5.74, 6) is -0.602. The average molecular weight is 469 g/mol. The number of para-hydroxylation sites is 1. The maximum atomic E-state index is 14.7. The van der Waals surface area contributed by atoms with Gasteiger partial charge in [0.2, 0.25) is 5.91 Å². The van der Waals surface area contributed by atoms with Crippen molar-refractivity contribution in [3.63, 3.8) is 0 Å². The molecule has 1 unspecified atom stereocenters. The summed E-state index contributed by atoms with van der Waals surface area (Å²) in [6.07, 6.45) is 1.61. The first-order chi connectivity index (χ1) is 15.9. The molecule has 8 heteroatoms. The van der Waals surface area contributed by atoms with Gasteiger partial charge in [-0.05, 0) is 54.8 Å². The Kier molecular flexibility index (Phi) is 6.65. The van der Waals surface area contributed by atoms with Gasteiger partial charge in [0.15, 0.2) is 0 Å². The van der Waals surface area contributed by atoms with Gasteiger partial charge in [-0.15, -0.1) is 0 Å². The summed E-state index contributed by atoms with van der Waals surface area (Å²) >= 11 is 0. The molecular weight excluding hydrogens is 443 g/mol. The quantitative estimate of drug-likeness (QED) is 0.516. The molecule has 33 heavy (non-hydrogen) atoms. The summed E-state index contributed by atoms with van der Waals surface area (Å²) in [6, 6.07) is 20.9. The molecule has 1 aliphatic heterocycles. The van der Waals surface area contributed by atoms with Crippen LogP contribution in [0, 0.1) is 5.82 Å². The standard InChI is InChI=1S/C25H25FN2O4S/c1-32-20-13-15-21(16-14-20)33(30,31)28(24-11-6-5-10-22(24)26)18-25(29)27-17-7-12-23(27)19-8-3-2-4-9-19/h2-6,8-11,13-16,23H,7,12,17-18H2,1H3. The van der Waals surface area contributed by atoms with Gasteiger partial charge in [0.25, 0.3) is 10.0 Å². The van der Waals surface area contributed by atoms with Gasteiger partial charge >= 0.3 is 0 Å². The number of likely N-dealkylation sites (tertiary alicyclic amines) is 1. The Morgan fingerprint density at radius 3 is 2.36 bits per heavy atom. The highest BCUT2D eigenvalue weighted by Crippen LogP contribution is 2.33. The van der Waals surface area contributed by atoms with Gasteiger partial charge in [0.1, 0.15) is 18.1 Å². The molecule has 3 aromatic carbocycles. The second-order valence-electron chi connectivity index (χ2n) is 7.79. The largest absolute Gasteiger partial charge is 0.497 e. The zero-order valence-electron chi connectivity index (χ0n) is 18.2. The van der Waals surface area contributed by atoms with Crippen molar-refractivity contribution in [1.82, 2.24) is 4.90 Å². The Balaban J connectivity index is 1.68. The molecule has 0 N–H and O–H groups in total. The first-order valence-corrected chi connectivity index (χ1v) is 12.1. The van der Waals surface area contributed by atoms with Gasteiger partial charge in [-0.1, -0.05) is 42.5 Å². The van der Waals surface area contributed by atoms with Crippen molar-refractivity contribution in [3.05, 3.63) is 90.2 Å². The third-order valence-electron chi connectivity index (χ3n) is 5.80. The van der Waals surface area contributed by atoms with Crippen LogP contribution in [0.15, 0.2) is 83.8 Å². The second-order valence-corrected chi connectivity index (χ2v) is 9.66. The molecule has 0 aromatic heterocycles. The summed E-state index contributed by atoms with van der Waals surface area (Å²) in [7, 11) is -2.74. The molecule has 0 saturated carbocycles. The topological polar surface area (TPSA) is 66.9 Å². The van der Waals surface area contributed by atoms with Crippen LogP contribution in [0.4, 0.5) is 10.1 Å². The molecule has 4 rings (SSSR count). The van der Waals surface area contributed by atoms with E-state index in [1.807, 2.05) is 30.3 Å². The van der Waals surface area contributed by atoms with Crippen LogP contribution in [0.1, 0.15) is 24.4 Å². The highest BCUT2D eigenvalue weighted by Gasteiger charge is 2.35. The van der Waals surface area contributed by atoms with Crippen molar-refractivity contribution in [1.29, 1.82) is 0 Å². The van der Waals surface area contributed by atoms with E-state index in [1.54, 1.807) is 11.0 Å². The molecule has 1 fully saturated rings. The highest BCUT2D eigenvalue weighted by molar-refractivity contribution is 7.92. The molecule has 6 nitrogen and oxygen atoms in total. The number of benzene rings is 3. The monoisotopic (exact) mass is 468 g/mol. The number of carbonyl (C=O) groups excluding carboxylic acids is 1. The third kappa shape index (κ3) is 4.71. The number of nitrogens with zero attached hydrogens (tertiary/aromatic N) is 2. The van der Waals surface area contributed by atoms with Crippen molar-refractivity contribution in [2.75, 3.05) is 24.5 Å². The minimum atomic E-state index is -4.22. The predicted octanol–water partition coefficient (Wildman–Crippen LogP) is 4.39. The number of ether oxygens (including phenoxy) is 1. The van der Waals surface area contributed by atoms with Crippen molar-refractivity contribution in [2.24, 2.45) is 0 Å². The van der Waals surface area contributed by atoms with Gasteiger partial charge in [-0.2, -0.15) is 0 Å². The molecular formula is C25H25FN2O4S. The Bertz CT molecular complexity index is 1220. The van der Waals surface area contributed by atoms with Crippen LogP contribution in [0.3, 0.4) is 0 Å². The molecule has 1 saturated heterocycles. The van der Waals surface area contributed by atoms with E-state index in [2.05, 4.69) is 0 Å². The Morgan fingerprint density at radius 2 is 1.70 bits per heavy atom. The molecule has 172 valence electrons. The molecule has 3 aromatic rings. The lowest BCUT2D eigenvalue weighted by Crippen LogP contribution is -2.43. The number of amides is 1. The maximum absolute atomic E-state index is 14.7. The summed E-state index contributed by atoms with van der Waals surface area (Å²) in [5.41, 5.74) is 0.830. The lowest BCUT2D eigenvalue weighted by Gasteiger charge is -2.30. The van der Waals surface area contributed by atoms with Crippen LogP contribution in [-0.2, 0) is 14.8 Å². The maximum Gasteiger partial charge on any atom is 0.264 e. The van der Waals surface area contributed by atoms with Crippen LogP contribution in [0.25, 0.3) is 0 Å². The number of hydrogen-bond donors (Lipinski definition) is 0. The first-order valence-electron chi connectivity index (χ1n) is 10.7. The fourth-order valence-corrected chi connectivity index (χ4v) is 5.55. The van der Waals surface area contributed by atoms with Gasteiger partial charge in [0, 0.05) is 6.54 Å². The lowest BCUT2D eigenvalue weighted by atomic mass is 10.0. The van der Waals surface area contributed by atoms with E-state index in [9.17, 15) is 17.6 Å². The molecule has 1 aliphatic rings. The molecule has 0 radical (unpaired) electrons. The predicted molar refractivity (Wildman–Crippen MR) is 124 cm³/mol. The minimum absolute atomic E-state index is 0.0552. The minimum Gasteiger partial charge on any atom is -0.497 e. The number of sulfonamides is 1. The average Bonchev–Trinajstić information content (AvgIpc) is 3.34. The zero-order valence-corrected chi connectivity index (χ0v) is 19.0. The van der Waals surface area contributed by atoms with Crippen molar-refractivity contribution in [2.45, 2.75) is 23.8 Å². The van der Waals surface area contributed by atoms with E-state index in [0.29, 0.717) is 12.3 Å². The molecule has 0 bridgehead atoms. The van der Waals surface area contributed by atoms with E-state index in [-0.39, 0.29) is 22.5 Å². The molecule has 1 heterocycles. The van der Waals surface area contributed by atoms with Crippen LogP contribution in [0.2, 0.25) is 0 Å². The normalized spacial score (nSPS) is 15.9. The number of methoxy groups -OCH3 is 1.